The Balaban J connectivity index is 2.94. The van der Waals surface area contributed by atoms with Gasteiger partial charge in [-0.1, -0.05) is 23.2 Å². The molecule has 1 atom stereocenters. The number of nitrogens with one attached hydrogen (secondary N) is 1. The Morgan fingerprint density at radius 1 is 2.00 bits per heavy atom. The van der Waals surface area contributed by atoms with Crippen molar-refractivity contribution in [2.45, 2.75) is 5.60 Å². The van der Waals surface area contributed by atoms with Gasteiger partial charge in [-0.05, 0) is 0 Å². The number of alkyl halides is 1. The van der Waals surface area contributed by atoms with Crippen LogP contribution in [0.15, 0.2) is 16.8 Å². The first-order chi connectivity index (χ1) is 5.42. The van der Waals surface area contributed by atoms with Crippen molar-refractivity contribution >= 4 is 34.3 Å². The molecule has 0 saturated carbocycles. The molecule has 2 N–H and O–H groups in total. The summed E-state index contributed by atoms with van der Waals surface area (Å²) in [6.07, 6.45) is 1.04. The van der Waals surface area contributed by atoms with E-state index in [1.165, 1.54) is 0 Å². The van der Waals surface area contributed by atoms with Gasteiger partial charge in [0.1, 0.15) is 10.7 Å². The third kappa shape index (κ3) is 1.85. The lowest BCUT2D eigenvalue weighted by atomic mass is 10.3. The highest BCUT2D eigenvalue weighted by Crippen LogP contribution is 2.10. The number of nitrogens with zero attached hydrogens (tertiary/aromatic N) is 1. The third-order valence-electron chi connectivity index (χ3n) is 0.985. The van der Waals surface area contributed by atoms with Crippen LogP contribution in [0.5, 0.6) is 0 Å². The molecule has 1 unspecified atom stereocenters. The van der Waals surface area contributed by atoms with Crippen LogP contribution in [-0.4, -0.2) is 21.8 Å². The number of hydrogen-bond acceptors (Lipinski definition) is 3. The van der Waals surface area contributed by atoms with Crippen molar-refractivity contribution in [3.63, 3.8) is 0 Å². The van der Waals surface area contributed by atoms with Gasteiger partial charge in [0.25, 0.3) is 0 Å². The first-order valence-electron chi connectivity index (χ1n) is 3.08. The van der Waals surface area contributed by atoms with Crippen molar-refractivity contribution in [3.8, 4) is 0 Å². The maximum atomic E-state index is 10.4. The number of hydrogen-bond donors (Lipinski definition) is 2. The Labute approximate surface area is 73.9 Å². The molecule has 6 heteroatoms. The molecule has 0 bridgehead atoms. The van der Waals surface area contributed by atoms with Crippen LogP contribution in [0.2, 0.25) is 0 Å². The van der Waals surface area contributed by atoms with Crippen LogP contribution in [0.3, 0.4) is 0 Å². The van der Waals surface area contributed by atoms with Crippen LogP contribution in [0.4, 0.5) is 0 Å². The van der Waals surface area contributed by atoms with E-state index in [-0.39, 0.29) is 10.7 Å². The van der Waals surface area contributed by atoms with Gasteiger partial charge in [-0.15, -0.1) is 0 Å². The summed E-state index contributed by atoms with van der Waals surface area (Å²) in [5.74, 6) is -1.22. The van der Waals surface area contributed by atoms with Crippen LogP contribution in [0.25, 0.3) is 0 Å². The lowest BCUT2D eigenvalue weighted by Crippen LogP contribution is -2.25. The highest BCUT2D eigenvalue weighted by Gasteiger charge is 2.18. The van der Waals surface area contributed by atoms with Gasteiger partial charge in [0.15, 0.2) is 5.60 Å². The lowest BCUT2D eigenvalue weighted by Gasteiger charge is -2.11. The minimum atomic E-state index is -1.80. The van der Waals surface area contributed by atoms with E-state index in [4.69, 9.17) is 29.7 Å². The minimum absolute atomic E-state index is 0.208. The van der Waals surface area contributed by atoms with E-state index < -0.39 is 11.6 Å². The molecule has 4 nitrogen and oxygen atoms in total. The topological polar surface area (TPSA) is 61.7 Å². The first-order valence-corrected chi connectivity index (χ1v) is 3.34. The van der Waals surface area contributed by atoms with Crippen molar-refractivity contribution in [1.82, 2.24) is 5.32 Å². The highest BCUT2D eigenvalue weighted by molar-refractivity contribution is 6.72. The Kier molecular flexibility index (Phi) is 1.96. The van der Waals surface area contributed by atoms with Gasteiger partial charge in [-0.2, -0.15) is 0 Å². The zero-order valence-corrected chi connectivity index (χ0v) is 6.65. The molecule has 11 heavy (non-hydrogen) atoms. The molecule has 1 heterocycles. The Bertz CT molecular complexity index is 287. The SMILES string of the molecule is [2H]C1(Cl)N=C(Cl)C(C(=O)O)=CN1. The van der Waals surface area contributed by atoms with Gasteiger partial charge >= 0.3 is 5.97 Å². The molecule has 0 aliphatic carbocycles. The second-order valence-electron chi connectivity index (χ2n) is 1.70. The van der Waals surface area contributed by atoms with Gasteiger partial charge < -0.3 is 10.4 Å². The second kappa shape index (κ2) is 3.11. The molecule has 1 aliphatic heterocycles. The molecule has 0 radical (unpaired) electrons. The summed E-state index contributed by atoms with van der Waals surface area (Å²) in [4.78, 5) is 13.8. The average Bonchev–Trinajstić information content (AvgIpc) is 1.83. The number of carbonyl (C=O) groups is 1. The van der Waals surface area contributed by atoms with E-state index in [1.54, 1.807) is 0 Å². The molecular formula is C5H4Cl2N2O2. The number of aliphatic imine (C=N–C) groups is 1. The van der Waals surface area contributed by atoms with E-state index in [0.717, 1.165) is 6.20 Å². The predicted molar refractivity (Wildman–Crippen MR) is 41.8 cm³/mol. The summed E-state index contributed by atoms with van der Waals surface area (Å²) < 4.78 is 7.13. The summed E-state index contributed by atoms with van der Waals surface area (Å²) in [6, 6.07) is 0. The molecule has 0 aromatic heterocycles. The summed E-state index contributed by atoms with van der Waals surface area (Å²) >= 11 is 10.8. The minimum Gasteiger partial charge on any atom is -0.478 e. The number of carboxylic acid groups (broad SMARTS) is 1. The van der Waals surface area contributed by atoms with Gasteiger partial charge in [-0.25, -0.2) is 9.79 Å². The summed E-state index contributed by atoms with van der Waals surface area (Å²) in [5, 5.41) is 10.5. The molecule has 0 saturated heterocycles. The Morgan fingerprint density at radius 3 is 3.09 bits per heavy atom. The maximum Gasteiger partial charge on any atom is 0.340 e. The first kappa shape index (κ1) is 6.94. The monoisotopic (exact) mass is 195 g/mol. The average molecular weight is 196 g/mol. The molecule has 1 aliphatic rings. The molecule has 1 rings (SSSR count). The van der Waals surface area contributed by atoms with Gasteiger partial charge in [-0.3, -0.25) is 0 Å². The van der Waals surface area contributed by atoms with Crippen LogP contribution in [0, 0.1) is 0 Å². The third-order valence-corrected chi connectivity index (χ3v) is 1.47. The van der Waals surface area contributed by atoms with Crippen molar-refractivity contribution in [1.29, 1.82) is 0 Å². The van der Waals surface area contributed by atoms with E-state index in [2.05, 4.69) is 10.3 Å². The molecule has 0 fully saturated rings. The van der Waals surface area contributed by atoms with Crippen molar-refractivity contribution < 1.29 is 11.3 Å². The van der Waals surface area contributed by atoms with Gasteiger partial charge in [0.05, 0.1) is 1.37 Å². The largest absolute Gasteiger partial charge is 0.478 e. The van der Waals surface area contributed by atoms with Crippen LogP contribution in [0.1, 0.15) is 1.37 Å². The zero-order valence-electron chi connectivity index (χ0n) is 6.14. The molecule has 60 valence electrons. The van der Waals surface area contributed by atoms with Crippen molar-refractivity contribution in [3.05, 3.63) is 11.8 Å². The molecular weight excluding hydrogens is 191 g/mol. The quantitative estimate of drug-likeness (QED) is 0.479. The fraction of sp³-hybridized carbons (Fsp3) is 0.200. The standard InChI is InChI=1S/C5H4Cl2N2O2/c6-3-2(4(10)11)1-8-5(7)9-3/h1,5,8H,(H,10,11)/i5D. The van der Waals surface area contributed by atoms with Crippen LogP contribution >= 0.6 is 23.2 Å². The highest BCUT2D eigenvalue weighted by atomic mass is 35.5. The predicted octanol–water partition coefficient (Wildman–Crippen LogP) is 0.718. The number of carboxylic acids is 1. The summed E-state index contributed by atoms with van der Waals surface area (Å²) in [6.45, 7) is 0. The smallest absolute Gasteiger partial charge is 0.340 e. The normalized spacial score (nSPS) is 31.3. The molecule has 0 spiro atoms. The number of aliphatic carboxylic acids is 1. The zero-order chi connectivity index (χ0) is 9.35. The lowest BCUT2D eigenvalue weighted by molar-refractivity contribution is -0.132. The summed E-state index contributed by atoms with van der Waals surface area (Å²) in [5.41, 5.74) is -2.00. The van der Waals surface area contributed by atoms with E-state index >= 15 is 0 Å². The van der Waals surface area contributed by atoms with Crippen molar-refractivity contribution in [2.24, 2.45) is 4.99 Å². The fourth-order valence-electron chi connectivity index (χ4n) is 0.520. The van der Waals surface area contributed by atoms with Gasteiger partial charge in [0.2, 0.25) is 0 Å². The molecule has 0 aromatic carbocycles. The fourth-order valence-corrected chi connectivity index (χ4v) is 0.922. The Hall–Kier alpha value is -0.740. The van der Waals surface area contributed by atoms with E-state index in [0.29, 0.717) is 0 Å². The maximum absolute atomic E-state index is 10.4. The van der Waals surface area contributed by atoms with E-state index in [9.17, 15) is 4.79 Å². The van der Waals surface area contributed by atoms with E-state index in [1.807, 2.05) is 0 Å². The van der Waals surface area contributed by atoms with Crippen LogP contribution < -0.4 is 5.32 Å². The van der Waals surface area contributed by atoms with Gasteiger partial charge in [0, 0.05) is 6.20 Å². The number of halogens is 2. The Morgan fingerprint density at radius 2 is 2.64 bits per heavy atom. The molecule has 0 aromatic rings. The second-order valence-corrected chi connectivity index (χ2v) is 2.42. The summed E-state index contributed by atoms with van der Waals surface area (Å²) in [7, 11) is 0. The molecule has 0 amide bonds. The number of rotatable bonds is 1. The van der Waals surface area contributed by atoms with Crippen LogP contribution in [-0.2, 0) is 4.79 Å². The van der Waals surface area contributed by atoms with Crippen molar-refractivity contribution in [2.75, 3.05) is 0 Å².